The van der Waals surface area contributed by atoms with Crippen LogP contribution in [0.25, 0.3) is 0 Å². The maximum absolute atomic E-state index is 15.3. The van der Waals surface area contributed by atoms with Crippen LogP contribution in [0.5, 0.6) is 0 Å². The van der Waals surface area contributed by atoms with E-state index in [2.05, 4.69) is 17.1 Å². The van der Waals surface area contributed by atoms with Crippen molar-refractivity contribution in [3.8, 4) is 0 Å². The molecule has 2 aliphatic carbocycles. The zero-order valence-electron chi connectivity index (χ0n) is 23.5. The number of halogens is 1. The van der Waals surface area contributed by atoms with Gasteiger partial charge in [0.05, 0.1) is 18.9 Å². The molecule has 0 aromatic heterocycles. The van der Waals surface area contributed by atoms with Crippen molar-refractivity contribution in [2.24, 2.45) is 17.8 Å². The molecule has 1 aromatic rings. The molecule has 0 radical (unpaired) electrons. The molecule has 0 bridgehead atoms. The van der Waals surface area contributed by atoms with Gasteiger partial charge in [0.25, 0.3) is 0 Å². The molecule has 1 aromatic carbocycles. The van der Waals surface area contributed by atoms with Crippen molar-refractivity contribution in [3.63, 3.8) is 0 Å². The van der Waals surface area contributed by atoms with Crippen LogP contribution in [0.15, 0.2) is 18.2 Å². The van der Waals surface area contributed by atoms with Crippen molar-refractivity contribution in [1.29, 1.82) is 0 Å². The summed E-state index contributed by atoms with van der Waals surface area (Å²) in [7, 11) is 0. The predicted molar refractivity (Wildman–Crippen MR) is 152 cm³/mol. The van der Waals surface area contributed by atoms with Crippen LogP contribution in [0.3, 0.4) is 0 Å². The second kappa shape index (κ2) is 13.5. The van der Waals surface area contributed by atoms with Gasteiger partial charge in [-0.3, -0.25) is 4.90 Å². The van der Waals surface area contributed by atoms with E-state index in [0.717, 1.165) is 50.6 Å². The van der Waals surface area contributed by atoms with E-state index < -0.39 is 0 Å². The van der Waals surface area contributed by atoms with Gasteiger partial charge in [-0.05, 0) is 94.1 Å². The number of hydrogen-bond acceptors (Lipinski definition) is 4. The summed E-state index contributed by atoms with van der Waals surface area (Å²) < 4.78 is 20.7. The highest BCUT2D eigenvalue weighted by atomic mass is 19.1. The van der Waals surface area contributed by atoms with Crippen LogP contribution >= 0.6 is 0 Å². The summed E-state index contributed by atoms with van der Waals surface area (Å²) in [6.07, 6.45) is 13.6. The minimum atomic E-state index is -0.255. The lowest BCUT2D eigenvalue weighted by atomic mass is 9.80. The van der Waals surface area contributed by atoms with Gasteiger partial charge in [0.15, 0.2) is 0 Å². The topological polar surface area (TPSA) is 48.0 Å². The van der Waals surface area contributed by atoms with E-state index in [1.807, 2.05) is 21.9 Å². The lowest BCUT2D eigenvalue weighted by molar-refractivity contribution is 0.122. The molecule has 2 saturated heterocycles. The standard InChI is InChI=1S/C31H49FN4O2/c1-24-5-4-6-25(21-24)11-14-34-15-12-26(13-16-34)23-36(31(37)33-27-7-2-3-8-27)28-9-10-30(29(32)22-28)35-17-19-38-20-18-35/h9-10,22,24-27H,2-8,11-21,23H2,1H3,(H,33,37). The van der Waals surface area contributed by atoms with Crippen molar-refractivity contribution in [1.82, 2.24) is 10.2 Å². The van der Waals surface area contributed by atoms with Crippen LogP contribution in [0.1, 0.15) is 77.6 Å². The number of anilines is 2. The van der Waals surface area contributed by atoms with Gasteiger partial charge in [0.2, 0.25) is 0 Å². The molecule has 2 unspecified atom stereocenters. The number of carbonyl (C=O) groups excluding carboxylic acids is 1. The molecule has 38 heavy (non-hydrogen) atoms. The van der Waals surface area contributed by atoms with Crippen molar-refractivity contribution in [2.75, 3.05) is 62.3 Å². The zero-order valence-corrected chi connectivity index (χ0v) is 23.5. The minimum Gasteiger partial charge on any atom is -0.378 e. The van der Waals surface area contributed by atoms with Crippen molar-refractivity contribution < 1.29 is 13.9 Å². The first kappa shape index (κ1) is 27.7. The summed E-state index contributed by atoms with van der Waals surface area (Å²) in [5.41, 5.74) is 1.28. The summed E-state index contributed by atoms with van der Waals surface area (Å²) in [5, 5.41) is 3.26. The molecule has 2 aliphatic heterocycles. The van der Waals surface area contributed by atoms with Crippen molar-refractivity contribution >= 4 is 17.4 Å². The second-order valence-electron chi connectivity index (χ2n) is 12.5. The van der Waals surface area contributed by atoms with Gasteiger partial charge in [0, 0.05) is 31.4 Å². The number of morpholine rings is 1. The first-order valence-electron chi connectivity index (χ1n) is 15.5. The molecule has 6 nitrogen and oxygen atoms in total. The second-order valence-corrected chi connectivity index (χ2v) is 12.5. The number of ether oxygens (including phenoxy) is 1. The van der Waals surface area contributed by atoms with E-state index in [4.69, 9.17) is 4.74 Å². The maximum atomic E-state index is 15.3. The van der Waals surface area contributed by atoms with E-state index in [-0.39, 0.29) is 17.9 Å². The smallest absolute Gasteiger partial charge is 0.322 e. The molecule has 7 heteroatoms. The minimum absolute atomic E-state index is 0.0655. The Hall–Kier alpha value is -1.86. The summed E-state index contributed by atoms with van der Waals surface area (Å²) in [5.74, 6) is 1.99. The van der Waals surface area contributed by atoms with Crippen LogP contribution in [-0.4, -0.2) is 69.5 Å². The van der Waals surface area contributed by atoms with Gasteiger partial charge in [0.1, 0.15) is 5.82 Å². The van der Waals surface area contributed by atoms with Gasteiger partial charge in [-0.15, -0.1) is 0 Å². The van der Waals surface area contributed by atoms with Crippen molar-refractivity contribution in [3.05, 3.63) is 24.0 Å². The van der Waals surface area contributed by atoms with Crippen LogP contribution in [0, 0.1) is 23.6 Å². The summed E-state index contributed by atoms with van der Waals surface area (Å²) in [6.45, 7) is 9.12. The highest BCUT2D eigenvalue weighted by Crippen LogP contribution is 2.32. The lowest BCUT2D eigenvalue weighted by Gasteiger charge is -2.36. The van der Waals surface area contributed by atoms with Crippen LogP contribution in [0.2, 0.25) is 0 Å². The molecule has 2 saturated carbocycles. The molecule has 4 fully saturated rings. The lowest BCUT2D eigenvalue weighted by Crippen LogP contribution is -2.47. The SMILES string of the molecule is CC1CCCC(CCN2CCC(CN(C(=O)NC3CCCC3)c3ccc(N4CCOCC4)c(F)c3)CC2)C1. The largest absolute Gasteiger partial charge is 0.378 e. The molecular formula is C31H49FN4O2. The van der Waals surface area contributed by atoms with Crippen LogP contribution in [0.4, 0.5) is 20.6 Å². The van der Waals surface area contributed by atoms with Gasteiger partial charge in [-0.1, -0.05) is 39.0 Å². The highest BCUT2D eigenvalue weighted by Gasteiger charge is 2.28. The first-order valence-corrected chi connectivity index (χ1v) is 15.5. The average molecular weight is 529 g/mol. The summed E-state index contributed by atoms with van der Waals surface area (Å²) in [4.78, 5) is 20.0. The number of carbonyl (C=O) groups is 1. The molecule has 1 N–H and O–H groups in total. The van der Waals surface area contributed by atoms with E-state index in [9.17, 15) is 4.79 Å². The van der Waals surface area contributed by atoms with E-state index in [1.165, 1.54) is 51.5 Å². The third-order valence-electron chi connectivity index (χ3n) is 9.57. The van der Waals surface area contributed by atoms with Gasteiger partial charge in [-0.2, -0.15) is 0 Å². The molecule has 2 atom stereocenters. The molecule has 2 heterocycles. The Bertz CT molecular complexity index is 894. The number of likely N-dealkylation sites (tertiary alicyclic amines) is 1. The van der Waals surface area contributed by atoms with Gasteiger partial charge < -0.3 is 19.9 Å². The van der Waals surface area contributed by atoms with E-state index >= 15 is 4.39 Å². The summed E-state index contributed by atoms with van der Waals surface area (Å²) >= 11 is 0. The fraction of sp³-hybridized carbons (Fsp3) is 0.774. The number of benzene rings is 1. The monoisotopic (exact) mass is 528 g/mol. The first-order chi connectivity index (χ1) is 18.5. The van der Waals surface area contributed by atoms with E-state index in [1.54, 1.807) is 6.07 Å². The Labute approximate surface area is 229 Å². The third kappa shape index (κ3) is 7.41. The molecule has 0 spiro atoms. The van der Waals surface area contributed by atoms with Gasteiger partial charge in [-0.25, -0.2) is 9.18 Å². The number of piperidine rings is 1. The third-order valence-corrected chi connectivity index (χ3v) is 9.57. The fourth-order valence-electron chi connectivity index (χ4n) is 7.19. The molecule has 4 aliphatic rings. The van der Waals surface area contributed by atoms with Crippen LogP contribution < -0.4 is 15.1 Å². The molecule has 2 amide bonds. The number of nitrogens with one attached hydrogen (secondary N) is 1. The quantitative estimate of drug-likeness (QED) is 0.446. The van der Waals surface area contributed by atoms with E-state index in [0.29, 0.717) is 50.1 Å². The maximum Gasteiger partial charge on any atom is 0.322 e. The predicted octanol–water partition coefficient (Wildman–Crippen LogP) is 6.05. The fourth-order valence-corrected chi connectivity index (χ4v) is 7.19. The zero-order chi connectivity index (χ0) is 26.3. The molecular weight excluding hydrogens is 479 g/mol. The number of rotatable bonds is 8. The number of urea groups is 1. The van der Waals surface area contributed by atoms with Crippen molar-refractivity contribution in [2.45, 2.75) is 83.6 Å². The Morgan fingerprint density at radius 1 is 1.00 bits per heavy atom. The molecule has 5 rings (SSSR count). The Morgan fingerprint density at radius 2 is 1.76 bits per heavy atom. The highest BCUT2D eigenvalue weighted by molar-refractivity contribution is 5.92. The summed E-state index contributed by atoms with van der Waals surface area (Å²) in [6, 6.07) is 5.53. The molecule has 212 valence electrons. The number of nitrogens with zero attached hydrogens (tertiary/aromatic N) is 3. The van der Waals surface area contributed by atoms with Gasteiger partial charge >= 0.3 is 6.03 Å². The number of hydrogen-bond donors (Lipinski definition) is 1. The Kier molecular flexibility index (Phi) is 9.82. The average Bonchev–Trinajstić information content (AvgIpc) is 3.45. The Balaban J connectivity index is 1.19. The van der Waals surface area contributed by atoms with Crippen LogP contribution in [-0.2, 0) is 4.74 Å². The Morgan fingerprint density at radius 3 is 2.47 bits per heavy atom. The normalized spacial score (nSPS) is 26.0. The number of amides is 2.